The summed E-state index contributed by atoms with van der Waals surface area (Å²) >= 11 is 4.87. The van der Waals surface area contributed by atoms with Gasteiger partial charge in [0, 0.05) is 42.3 Å². The van der Waals surface area contributed by atoms with Crippen molar-refractivity contribution in [2.45, 2.75) is 99.4 Å². The summed E-state index contributed by atoms with van der Waals surface area (Å²) in [5.41, 5.74) is -3.76. The van der Waals surface area contributed by atoms with Crippen molar-refractivity contribution in [2.75, 3.05) is 25.7 Å². The van der Waals surface area contributed by atoms with Crippen LogP contribution >= 0.6 is 46.2 Å². The molecule has 8 atom stereocenters. The lowest BCUT2D eigenvalue weighted by Gasteiger charge is -2.36. The van der Waals surface area contributed by atoms with Gasteiger partial charge in [0.05, 0.1) is 38.2 Å². The number of esters is 7. The summed E-state index contributed by atoms with van der Waals surface area (Å²) in [5.74, 6) is -9.91. The molecule has 2 saturated heterocycles. The van der Waals surface area contributed by atoms with Gasteiger partial charge in [-0.15, -0.1) is 46.2 Å². The van der Waals surface area contributed by atoms with Gasteiger partial charge in [-0.2, -0.15) is 0 Å². The molecule has 0 spiro atoms. The van der Waals surface area contributed by atoms with Crippen LogP contribution in [0.4, 0.5) is 8.78 Å². The highest BCUT2D eigenvalue weighted by Gasteiger charge is 2.72. The van der Waals surface area contributed by atoms with Crippen molar-refractivity contribution in [3.05, 3.63) is 177 Å². The van der Waals surface area contributed by atoms with Crippen molar-refractivity contribution in [2.24, 2.45) is 0 Å². The van der Waals surface area contributed by atoms with E-state index in [-0.39, 0.29) is 39.4 Å². The second kappa shape index (κ2) is 28.6. The fourth-order valence-electron chi connectivity index (χ4n) is 9.23. The van der Waals surface area contributed by atoms with Gasteiger partial charge in [0.15, 0.2) is 12.2 Å². The van der Waals surface area contributed by atoms with Crippen LogP contribution in [0.2, 0.25) is 0 Å². The first-order valence-corrected chi connectivity index (χ1v) is 30.1. The van der Waals surface area contributed by atoms with E-state index in [0.717, 1.165) is 43.4 Å². The first-order chi connectivity index (χ1) is 41.1. The Kier molecular flexibility index (Phi) is 21.8. The zero-order valence-electron chi connectivity index (χ0n) is 46.8. The van der Waals surface area contributed by atoms with Crippen LogP contribution in [0.5, 0.6) is 0 Å². The van der Waals surface area contributed by atoms with E-state index < -0.39 is 102 Å². The maximum atomic E-state index is 17.3. The minimum atomic E-state index is -2.66. The van der Waals surface area contributed by atoms with Crippen LogP contribution < -0.4 is 0 Å². The number of nitrogens with zero attached hydrogens (tertiary/aromatic N) is 4. The number of carbonyl (C=O) groups is 7. The van der Waals surface area contributed by atoms with E-state index >= 15 is 8.78 Å². The first-order valence-electron chi connectivity index (χ1n) is 25.9. The molecule has 6 heterocycles. The fourth-order valence-corrected chi connectivity index (χ4v) is 12.8. The molecule has 0 amide bonds. The third-order valence-electron chi connectivity index (χ3n) is 13.2. The molecular formula is C61H58F2N4O16S4. The Morgan fingerprint density at radius 2 is 0.908 bits per heavy atom. The Morgan fingerprint density at radius 1 is 0.540 bits per heavy atom. The van der Waals surface area contributed by atoms with E-state index in [1.165, 1.54) is 74.3 Å². The molecule has 4 aromatic carbocycles. The lowest BCUT2D eigenvalue weighted by molar-refractivity contribution is -0.266. The summed E-state index contributed by atoms with van der Waals surface area (Å²) in [6.45, 7) is 4.72. The molecule has 26 heteroatoms. The monoisotopic (exact) mass is 1270 g/mol. The maximum absolute atomic E-state index is 17.3. The van der Waals surface area contributed by atoms with Gasteiger partial charge in [-0.25, -0.2) is 47.9 Å². The highest BCUT2D eigenvalue weighted by molar-refractivity contribution is 7.99. The molecule has 456 valence electrons. The number of fused-ring (bicyclic) bond motifs is 2. The van der Waals surface area contributed by atoms with E-state index in [1.807, 2.05) is 12.5 Å². The Labute approximate surface area is 514 Å². The van der Waals surface area contributed by atoms with E-state index in [1.54, 1.807) is 108 Å². The summed E-state index contributed by atoms with van der Waals surface area (Å²) in [6, 6.07) is 32.6. The molecule has 8 aromatic rings. The molecule has 0 bridgehead atoms. The lowest BCUT2D eigenvalue weighted by atomic mass is 9.89. The highest BCUT2D eigenvalue weighted by Crippen LogP contribution is 2.56. The fraction of sp³-hybridized carbons (Fsp3) is 0.295. The molecule has 10 rings (SSSR count). The zero-order valence-corrected chi connectivity index (χ0v) is 50.1. The Hall–Kier alpha value is -8.11. The molecule has 2 aliphatic rings. The number of hydrogen-bond donors (Lipinski definition) is 1. The first kappa shape index (κ1) is 66.4. The molecule has 1 N–H and O–H groups in total. The normalized spacial score (nSPS) is 22.6. The molecule has 2 aliphatic heterocycles. The van der Waals surface area contributed by atoms with Gasteiger partial charge in [0.25, 0.3) is 5.79 Å². The van der Waals surface area contributed by atoms with Crippen LogP contribution in [0.1, 0.15) is 93.2 Å². The van der Waals surface area contributed by atoms with Gasteiger partial charge in [0.1, 0.15) is 53.0 Å². The quantitative estimate of drug-likeness (QED) is 0.0329. The molecule has 0 aliphatic carbocycles. The van der Waals surface area contributed by atoms with Gasteiger partial charge in [-0.05, 0) is 74.9 Å². The number of aromatic nitrogens is 4. The highest BCUT2D eigenvalue weighted by atomic mass is 32.2. The second-order valence-electron chi connectivity index (χ2n) is 19.1. The number of alkyl halides is 2. The SMILES string of the molecule is C.CC(=O)OC(C)=O.CSc1ncnc2c(C3(O)O[C@H](COC(=O)c4ccccc4)[C@@H](OC(=O)c4ccccc4)[C@@]3(C)F)scc12.CSc1ncnc2c(C3(OC(C)=O)O[C@H](COC(=O)c4ccccc4)[C@@H](OC(=O)c4ccccc4)[C@@]3(C)F)scc12. The summed E-state index contributed by atoms with van der Waals surface area (Å²) in [5, 5.41) is 17.7. The average Bonchev–Trinajstić information content (AvgIpc) is 1.59. The van der Waals surface area contributed by atoms with Crippen molar-refractivity contribution in [3.63, 3.8) is 0 Å². The van der Waals surface area contributed by atoms with Gasteiger partial charge in [0.2, 0.25) is 17.1 Å². The van der Waals surface area contributed by atoms with Gasteiger partial charge in [-0.3, -0.25) is 14.4 Å². The van der Waals surface area contributed by atoms with E-state index in [2.05, 4.69) is 24.7 Å². The number of hydrogen-bond acceptors (Lipinski definition) is 24. The van der Waals surface area contributed by atoms with E-state index in [0.29, 0.717) is 31.9 Å². The summed E-state index contributed by atoms with van der Waals surface area (Å²) in [4.78, 5) is 101. The van der Waals surface area contributed by atoms with Gasteiger partial charge < -0.3 is 43.0 Å². The van der Waals surface area contributed by atoms with Crippen LogP contribution in [-0.4, -0.2) is 128 Å². The van der Waals surface area contributed by atoms with Crippen LogP contribution in [0, 0.1) is 0 Å². The molecule has 0 saturated carbocycles. The third-order valence-corrected chi connectivity index (χ3v) is 16.8. The minimum absolute atomic E-state index is 0. The molecule has 4 aromatic heterocycles. The van der Waals surface area contributed by atoms with Crippen molar-refractivity contribution < 1.29 is 85.3 Å². The maximum Gasteiger partial charge on any atom is 0.338 e. The molecule has 0 radical (unpaired) electrons. The Balaban J connectivity index is 0.000000222. The number of aliphatic hydroxyl groups is 1. The van der Waals surface area contributed by atoms with Gasteiger partial charge >= 0.3 is 41.8 Å². The van der Waals surface area contributed by atoms with Crippen molar-refractivity contribution in [1.29, 1.82) is 0 Å². The summed E-state index contributed by atoms with van der Waals surface area (Å²) in [6.07, 6.45) is 0.364. The number of halogens is 2. The molecule has 20 nitrogen and oxygen atoms in total. The lowest BCUT2D eigenvalue weighted by Crippen LogP contribution is -2.52. The number of ether oxygens (including phenoxy) is 8. The van der Waals surface area contributed by atoms with Crippen LogP contribution in [0.3, 0.4) is 0 Å². The number of thioether (sulfide) groups is 2. The van der Waals surface area contributed by atoms with E-state index in [9.17, 15) is 38.7 Å². The zero-order chi connectivity index (χ0) is 62.0. The molecule has 2 fully saturated rings. The Bertz CT molecular complexity index is 3740. The second-order valence-corrected chi connectivity index (χ2v) is 22.5. The van der Waals surface area contributed by atoms with Crippen molar-refractivity contribution >= 4 is 110 Å². The molecular weight excluding hydrogens is 1210 g/mol. The number of thiophene rings is 2. The van der Waals surface area contributed by atoms with E-state index in [4.69, 9.17) is 33.2 Å². The predicted octanol–water partition coefficient (Wildman–Crippen LogP) is 10.8. The van der Waals surface area contributed by atoms with Crippen LogP contribution in [-0.2, 0) is 63.9 Å². The van der Waals surface area contributed by atoms with Crippen LogP contribution in [0.15, 0.2) is 155 Å². The largest absolute Gasteiger partial charge is 0.459 e. The van der Waals surface area contributed by atoms with Gasteiger partial charge in [-0.1, -0.05) is 80.2 Å². The minimum Gasteiger partial charge on any atom is -0.459 e. The number of rotatable bonds is 15. The van der Waals surface area contributed by atoms with Crippen molar-refractivity contribution in [3.8, 4) is 0 Å². The topological polar surface area (TPSA) is 265 Å². The van der Waals surface area contributed by atoms with Crippen molar-refractivity contribution in [1.82, 2.24) is 19.9 Å². The van der Waals surface area contributed by atoms with Crippen LogP contribution in [0.25, 0.3) is 21.8 Å². The summed E-state index contributed by atoms with van der Waals surface area (Å²) in [7, 11) is 0. The third kappa shape index (κ3) is 14.3. The predicted molar refractivity (Wildman–Crippen MR) is 318 cm³/mol. The average molecular weight is 1270 g/mol. The summed E-state index contributed by atoms with van der Waals surface area (Å²) < 4.78 is 78.0. The number of carbonyl (C=O) groups excluding carboxylic acids is 7. The Morgan fingerprint density at radius 3 is 1.29 bits per heavy atom. The smallest absolute Gasteiger partial charge is 0.338 e. The number of benzene rings is 4. The standard InChI is InChI=1S/C29H25FN2O7S2.C27H23FN2O6S2.C4H6O3.CH4/c1-17(33)38-29(24-22-20(15-41-24)25(40-3)32-16-31-22)28(2,30)23(37-27(35)19-12-8-5-9-13-19)21(39-29)14-36-26(34)18-10-6-4-7-11-18;1-26(28)21(35-25(32)17-11-7-4-8-12-17)19(13-34-24(31)16-9-5-3-6-10-16)36-27(26,33)22-20-18(14-38-22)23(37-2)30-15-29-20;1-3(5)7-4(2)6;/h4-13,15-16,21,23H,14H2,1-3H3;3-12,14-15,19,21,33H,13H2,1-2H3;1-2H3;1H4/t21-,23-,28-,29?;19-,21-,26-,27?;;/m11../s1. The molecule has 2 unspecified atom stereocenters. The molecule has 87 heavy (non-hydrogen) atoms.